The monoisotopic (exact) mass is 213 g/mol. The number of nitrogens with one attached hydrogen (secondary N) is 1. The molecule has 0 atom stereocenters. The first kappa shape index (κ1) is 10.6. The van der Waals surface area contributed by atoms with Gasteiger partial charge in [0.1, 0.15) is 17.9 Å². The molecule has 1 heterocycles. The van der Waals surface area contributed by atoms with E-state index in [4.69, 9.17) is 5.73 Å². The molecule has 0 aromatic carbocycles. The maximum atomic E-state index is 11.1. The number of hydrogen-bond acceptors (Lipinski definition) is 4. The predicted octanol–water partition coefficient (Wildman–Crippen LogP) is -0.952. The van der Waals surface area contributed by atoms with E-state index in [0.29, 0.717) is 6.54 Å². The zero-order chi connectivity index (χ0) is 10.6. The molecule has 0 bridgehead atoms. The molecular formula is C7H11N5OS. The standard InChI is InChI=1S/C7H11N5OS/c1-2-9-5(13)3-12-4-10-7(11-12)6(8)14/h4H,2-3H2,1H3,(H2,8,14)(H,9,13). The molecule has 1 amide bonds. The van der Waals surface area contributed by atoms with Gasteiger partial charge in [-0.2, -0.15) is 0 Å². The van der Waals surface area contributed by atoms with Gasteiger partial charge >= 0.3 is 0 Å². The highest BCUT2D eigenvalue weighted by Crippen LogP contribution is 1.89. The van der Waals surface area contributed by atoms with Gasteiger partial charge in [-0.15, -0.1) is 5.10 Å². The van der Waals surface area contributed by atoms with Crippen LogP contribution in [-0.2, 0) is 11.3 Å². The largest absolute Gasteiger partial charge is 0.387 e. The van der Waals surface area contributed by atoms with Gasteiger partial charge in [0.15, 0.2) is 0 Å². The van der Waals surface area contributed by atoms with Gasteiger partial charge in [-0.1, -0.05) is 12.2 Å². The molecule has 1 rings (SSSR count). The van der Waals surface area contributed by atoms with Crippen LogP contribution in [0.1, 0.15) is 12.7 Å². The molecule has 0 aliphatic rings. The van der Waals surface area contributed by atoms with Gasteiger partial charge in [0.05, 0.1) is 0 Å². The summed E-state index contributed by atoms with van der Waals surface area (Å²) in [5.74, 6) is 0.163. The van der Waals surface area contributed by atoms with Crippen molar-refractivity contribution in [3.05, 3.63) is 12.2 Å². The Labute approximate surface area is 86.5 Å². The summed E-state index contributed by atoms with van der Waals surface area (Å²) < 4.78 is 1.39. The number of rotatable bonds is 4. The van der Waals surface area contributed by atoms with Crippen molar-refractivity contribution in [3.8, 4) is 0 Å². The normalized spacial score (nSPS) is 9.79. The molecule has 0 aliphatic heterocycles. The molecule has 1 aromatic rings. The maximum absolute atomic E-state index is 11.1. The van der Waals surface area contributed by atoms with Crippen molar-refractivity contribution in [3.63, 3.8) is 0 Å². The fraction of sp³-hybridized carbons (Fsp3) is 0.429. The third-order valence-corrected chi connectivity index (χ3v) is 1.62. The zero-order valence-electron chi connectivity index (χ0n) is 7.73. The molecule has 0 radical (unpaired) electrons. The molecule has 0 fully saturated rings. The average Bonchev–Trinajstić information content (AvgIpc) is 2.53. The Bertz CT molecular complexity index is 348. The Morgan fingerprint density at radius 3 is 3.00 bits per heavy atom. The minimum atomic E-state index is -0.119. The number of nitrogens with two attached hydrogens (primary N) is 1. The third kappa shape index (κ3) is 2.77. The van der Waals surface area contributed by atoms with Crippen LogP contribution in [0.2, 0.25) is 0 Å². The van der Waals surface area contributed by atoms with Crippen molar-refractivity contribution in [2.24, 2.45) is 5.73 Å². The quantitative estimate of drug-likeness (QED) is 0.630. The van der Waals surface area contributed by atoms with Gasteiger partial charge in [0, 0.05) is 6.54 Å². The lowest BCUT2D eigenvalue weighted by molar-refractivity contribution is -0.121. The minimum Gasteiger partial charge on any atom is -0.387 e. The highest BCUT2D eigenvalue weighted by Gasteiger charge is 2.06. The van der Waals surface area contributed by atoms with Crippen LogP contribution in [0.25, 0.3) is 0 Å². The number of carbonyl (C=O) groups is 1. The highest BCUT2D eigenvalue weighted by atomic mass is 32.1. The zero-order valence-corrected chi connectivity index (χ0v) is 8.54. The van der Waals surface area contributed by atoms with Gasteiger partial charge in [0.2, 0.25) is 11.7 Å². The SMILES string of the molecule is CCNC(=O)Cn1cnc(C(N)=S)n1. The lowest BCUT2D eigenvalue weighted by atomic mass is 10.5. The van der Waals surface area contributed by atoms with Crippen molar-refractivity contribution in [1.82, 2.24) is 20.1 Å². The van der Waals surface area contributed by atoms with Crippen LogP contribution in [0, 0.1) is 0 Å². The lowest BCUT2D eigenvalue weighted by Gasteiger charge is -2.00. The van der Waals surface area contributed by atoms with E-state index in [1.807, 2.05) is 6.92 Å². The molecule has 0 aliphatic carbocycles. The third-order valence-electron chi connectivity index (χ3n) is 1.44. The summed E-state index contributed by atoms with van der Waals surface area (Å²) in [6.07, 6.45) is 1.42. The molecule has 3 N–H and O–H groups in total. The van der Waals surface area contributed by atoms with Crippen molar-refractivity contribution in [2.75, 3.05) is 6.54 Å². The average molecular weight is 213 g/mol. The van der Waals surface area contributed by atoms with Gasteiger partial charge < -0.3 is 11.1 Å². The van der Waals surface area contributed by atoms with Crippen molar-refractivity contribution in [1.29, 1.82) is 0 Å². The number of nitrogens with zero attached hydrogens (tertiary/aromatic N) is 3. The summed E-state index contributed by atoms with van der Waals surface area (Å²) in [5, 5.41) is 6.55. The molecular weight excluding hydrogens is 202 g/mol. The summed E-state index contributed by atoms with van der Waals surface area (Å²) >= 11 is 4.68. The van der Waals surface area contributed by atoms with Crippen LogP contribution >= 0.6 is 12.2 Å². The molecule has 76 valence electrons. The van der Waals surface area contributed by atoms with Gasteiger partial charge in [-0.25, -0.2) is 9.67 Å². The fourth-order valence-corrected chi connectivity index (χ4v) is 0.977. The molecule has 7 heteroatoms. The summed E-state index contributed by atoms with van der Waals surface area (Å²) in [6, 6.07) is 0. The van der Waals surface area contributed by atoms with E-state index in [0.717, 1.165) is 0 Å². The maximum Gasteiger partial charge on any atom is 0.241 e. The summed E-state index contributed by atoms with van der Waals surface area (Å²) in [7, 11) is 0. The number of hydrogen-bond donors (Lipinski definition) is 2. The lowest BCUT2D eigenvalue weighted by Crippen LogP contribution is -2.27. The van der Waals surface area contributed by atoms with Crippen LogP contribution < -0.4 is 11.1 Å². The molecule has 1 aromatic heterocycles. The van der Waals surface area contributed by atoms with Gasteiger partial charge in [-0.3, -0.25) is 4.79 Å². The molecule has 0 saturated heterocycles. The smallest absolute Gasteiger partial charge is 0.241 e. The Morgan fingerprint density at radius 1 is 1.79 bits per heavy atom. The summed E-state index contributed by atoms with van der Waals surface area (Å²) in [5.41, 5.74) is 5.31. The van der Waals surface area contributed by atoms with Gasteiger partial charge in [-0.05, 0) is 6.92 Å². The van der Waals surface area contributed by atoms with Gasteiger partial charge in [0.25, 0.3) is 0 Å². The van der Waals surface area contributed by atoms with Crippen molar-refractivity contribution < 1.29 is 4.79 Å². The number of carbonyl (C=O) groups excluding carboxylic acids is 1. The summed E-state index contributed by atoms with van der Waals surface area (Å²) in [4.78, 5) is 15.1. The molecule has 0 saturated carbocycles. The predicted molar refractivity (Wildman–Crippen MR) is 54.6 cm³/mol. The second-order valence-corrected chi connectivity index (χ2v) is 3.02. The Kier molecular flexibility index (Phi) is 3.52. The first-order valence-electron chi connectivity index (χ1n) is 4.09. The molecule has 0 spiro atoms. The second kappa shape index (κ2) is 4.66. The van der Waals surface area contributed by atoms with E-state index in [2.05, 4.69) is 27.6 Å². The molecule has 14 heavy (non-hydrogen) atoms. The number of thiocarbonyl (C=S) groups is 1. The van der Waals surface area contributed by atoms with Crippen LogP contribution in [0.4, 0.5) is 0 Å². The summed E-state index contributed by atoms with van der Waals surface area (Å²) in [6.45, 7) is 2.57. The van der Waals surface area contributed by atoms with E-state index in [1.54, 1.807) is 0 Å². The Morgan fingerprint density at radius 2 is 2.50 bits per heavy atom. The Hall–Kier alpha value is -1.50. The van der Waals surface area contributed by atoms with E-state index in [9.17, 15) is 4.79 Å². The second-order valence-electron chi connectivity index (χ2n) is 2.58. The van der Waals surface area contributed by atoms with E-state index in [1.165, 1.54) is 11.0 Å². The topological polar surface area (TPSA) is 85.8 Å². The van der Waals surface area contributed by atoms with E-state index in [-0.39, 0.29) is 23.3 Å². The fourth-order valence-electron chi connectivity index (χ4n) is 0.884. The highest BCUT2D eigenvalue weighted by molar-refractivity contribution is 7.80. The molecule has 0 unspecified atom stereocenters. The van der Waals surface area contributed by atoms with Crippen LogP contribution in [0.5, 0.6) is 0 Å². The van der Waals surface area contributed by atoms with Crippen molar-refractivity contribution >= 4 is 23.1 Å². The molecule has 6 nitrogen and oxygen atoms in total. The van der Waals surface area contributed by atoms with E-state index >= 15 is 0 Å². The first-order valence-corrected chi connectivity index (χ1v) is 4.50. The first-order chi connectivity index (χ1) is 6.63. The Balaban J connectivity index is 2.59. The number of aromatic nitrogens is 3. The van der Waals surface area contributed by atoms with Crippen LogP contribution in [0.3, 0.4) is 0 Å². The minimum absolute atomic E-state index is 0.119. The van der Waals surface area contributed by atoms with Crippen LogP contribution in [-0.4, -0.2) is 32.2 Å². The number of amides is 1. The van der Waals surface area contributed by atoms with Crippen LogP contribution in [0.15, 0.2) is 6.33 Å². The number of likely N-dealkylation sites (N-methyl/N-ethyl adjacent to an activating group) is 1. The van der Waals surface area contributed by atoms with Crippen molar-refractivity contribution in [2.45, 2.75) is 13.5 Å². The van der Waals surface area contributed by atoms with E-state index < -0.39 is 0 Å².